The monoisotopic (exact) mass is 250 g/mol. The molecule has 0 N–H and O–H groups in total. The van der Waals surface area contributed by atoms with Crippen LogP contribution in [0.2, 0.25) is 0 Å². The first-order valence-corrected chi connectivity index (χ1v) is 6.82. The van der Waals surface area contributed by atoms with Crippen molar-refractivity contribution in [1.29, 1.82) is 0 Å². The fourth-order valence-electron chi connectivity index (χ4n) is 2.86. The molecule has 98 valence electrons. The third-order valence-corrected chi connectivity index (χ3v) is 3.49. The van der Waals surface area contributed by atoms with Crippen LogP contribution in [0.3, 0.4) is 0 Å². The van der Waals surface area contributed by atoms with E-state index < -0.39 is 0 Å². The Bertz CT molecular complexity index is 589. The summed E-state index contributed by atoms with van der Waals surface area (Å²) in [6.45, 7) is 11.0. The van der Waals surface area contributed by atoms with E-state index in [-0.39, 0.29) is 0 Å². The number of benzene rings is 2. The minimum atomic E-state index is 1.30. The van der Waals surface area contributed by atoms with Gasteiger partial charge in [0.2, 0.25) is 0 Å². The van der Waals surface area contributed by atoms with E-state index in [9.17, 15) is 0 Å². The van der Waals surface area contributed by atoms with Crippen LogP contribution in [0.5, 0.6) is 0 Å². The molecule has 0 amide bonds. The zero-order chi connectivity index (χ0) is 14.0. The maximum atomic E-state index is 2.27. The summed E-state index contributed by atoms with van der Waals surface area (Å²) in [5.74, 6) is 0. The summed E-state index contributed by atoms with van der Waals surface area (Å²) in [6.07, 6.45) is 0. The van der Waals surface area contributed by atoms with Crippen molar-refractivity contribution >= 4 is 5.57 Å². The summed E-state index contributed by atoms with van der Waals surface area (Å²) in [6, 6.07) is 15.2. The van der Waals surface area contributed by atoms with Crippen molar-refractivity contribution in [2.75, 3.05) is 0 Å². The van der Waals surface area contributed by atoms with Gasteiger partial charge in [0.15, 0.2) is 0 Å². The number of allylic oxidation sites excluding steroid dienone is 1. The number of rotatable bonds is 2. The molecule has 0 saturated carbocycles. The molecule has 0 atom stereocenters. The van der Waals surface area contributed by atoms with E-state index in [1.165, 1.54) is 39.0 Å². The molecule has 0 saturated heterocycles. The van der Waals surface area contributed by atoms with Gasteiger partial charge in [0, 0.05) is 0 Å². The van der Waals surface area contributed by atoms with Crippen molar-refractivity contribution in [2.45, 2.75) is 34.6 Å². The molecule has 0 spiro atoms. The lowest BCUT2D eigenvalue weighted by atomic mass is 9.87. The maximum Gasteiger partial charge on any atom is -0.0120 e. The van der Waals surface area contributed by atoms with Crippen LogP contribution in [0.15, 0.2) is 48.0 Å². The van der Waals surface area contributed by atoms with Gasteiger partial charge < -0.3 is 0 Å². The first-order valence-electron chi connectivity index (χ1n) is 6.82. The number of hydrogen-bond acceptors (Lipinski definition) is 0. The Morgan fingerprint density at radius 2 is 1.32 bits per heavy atom. The van der Waals surface area contributed by atoms with Gasteiger partial charge in [-0.3, -0.25) is 0 Å². The molecule has 0 aromatic heterocycles. The van der Waals surface area contributed by atoms with Crippen LogP contribution in [-0.2, 0) is 0 Å². The molecule has 0 bridgehead atoms. The Balaban J connectivity index is 2.71. The Kier molecular flexibility index (Phi) is 3.90. The number of aryl methyl sites for hydroxylation is 3. The predicted molar refractivity (Wildman–Crippen MR) is 84.5 cm³/mol. The zero-order valence-corrected chi connectivity index (χ0v) is 12.5. The minimum absolute atomic E-state index is 1.30. The second kappa shape index (κ2) is 5.44. The van der Waals surface area contributed by atoms with Crippen molar-refractivity contribution in [3.8, 4) is 0 Å². The van der Waals surface area contributed by atoms with Crippen LogP contribution < -0.4 is 0 Å². The van der Waals surface area contributed by atoms with E-state index in [2.05, 4.69) is 77.1 Å². The molecule has 0 radical (unpaired) electrons. The molecule has 2 rings (SSSR count). The molecule has 2 aromatic rings. The van der Waals surface area contributed by atoms with Crippen molar-refractivity contribution in [3.05, 3.63) is 75.9 Å². The molecule has 0 nitrogen and oxygen atoms in total. The average Bonchev–Trinajstić information content (AvgIpc) is 2.34. The first-order chi connectivity index (χ1) is 9.00. The van der Waals surface area contributed by atoms with Crippen LogP contribution in [0.25, 0.3) is 5.57 Å². The van der Waals surface area contributed by atoms with E-state index >= 15 is 0 Å². The van der Waals surface area contributed by atoms with Gasteiger partial charge in [-0.1, -0.05) is 53.6 Å². The quantitative estimate of drug-likeness (QED) is 0.664. The average molecular weight is 250 g/mol. The van der Waals surface area contributed by atoms with E-state index in [4.69, 9.17) is 0 Å². The van der Waals surface area contributed by atoms with E-state index in [0.717, 1.165) is 0 Å². The second-order valence-corrected chi connectivity index (χ2v) is 5.51. The lowest BCUT2D eigenvalue weighted by Gasteiger charge is -2.17. The van der Waals surface area contributed by atoms with Gasteiger partial charge in [0.05, 0.1) is 0 Å². The Morgan fingerprint density at radius 1 is 0.789 bits per heavy atom. The maximum absolute atomic E-state index is 2.27. The van der Waals surface area contributed by atoms with Crippen LogP contribution in [0.4, 0.5) is 0 Å². The Morgan fingerprint density at radius 3 is 1.79 bits per heavy atom. The summed E-state index contributed by atoms with van der Waals surface area (Å²) in [5, 5.41) is 0. The van der Waals surface area contributed by atoms with Gasteiger partial charge in [-0.15, -0.1) is 0 Å². The topological polar surface area (TPSA) is 0 Å². The van der Waals surface area contributed by atoms with Gasteiger partial charge in [-0.2, -0.15) is 0 Å². The molecule has 2 aromatic carbocycles. The van der Waals surface area contributed by atoms with Crippen molar-refractivity contribution in [3.63, 3.8) is 0 Å². The summed E-state index contributed by atoms with van der Waals surface area (Å²) in [5.41, 5.74) is 9.47. The van der Waals surface area contributed by atoms with E-state index in [0.29, 0.717) is 0 Å². The largest absolute Gasteiger partial charge is 0.0680 e. The Hall–Kier alpha value is -1.82. The molecular formula is C19H22. The standard InChI is InChI=1S/C19H22/c1-13(2)18(17-9-7-6-8-10-17)19-15(4)11-14(3)12-16(19)5/h6-12H,1-5H3. The molecule has 0 fully saturated rings. The second-order valence-electron chi connectivity index (χ2n) is 5.51. The number of hydrogen-bond donors (Lipinski definition) is 0. The SMILES string of the molecule is CC(C)=C(c1ccccc1)c1c(C)cc(C)cc1C. The zero-order valence-electron chi connectivity index (χ0n) is 12.5. The van der Waals surface area contributed by atoms with Crippen LogP contribution in [-0.4, -0.2) is 0 Å². The minimum Gasteiger partial charge on any atom is -0.0680 e. The van der Waals surface area contributed by atoms with E-state index in [1.807, 2.05) is 0 Å². The van der Waals surface area contributed by atoms with Gasteiger partial charge >= 0.3 is 0 Å². The lowest BCUT2D eigenvalue weighted by Crippen LogP contribution is -1.98. The van der Waals surface area contributed by atoms with Crippen LogP contribution in [0.1, 0.15) is 41.7 Å². The summed E-state index contributed by atoms with van der Waals surface area (Å²) < 4.78 is 0. The fraction of sp³-hybridized carbons (Fsp3) is 0.263. The van der Waals surface area contributed by atoms with Gasteiger partial charge in [-0.05, 0) is 62.4 Å². The highest BCUT2D eigenvalue weighted by Gasteiger charge is 2.12. The molecule has 19 heavy (non-hydrogen) atoms. The normalized spacial score (nSPS) is 10.4. The summed E-state index contributed by atoms with van der Waals surface area (Å²) in [7, 11) is 0. The highest BCUT2D eigenvalue weighted by Crippen LogP contribution is 2.32. The third kappa shape index (κ3) is 2.78. The van der Waals surface area contributed by atoms with Crippen molar-refractivity contribution in [1.82, 2.24) is 0 Å². The Labute approximate surface area is 116 Å². The van der Waals surface area contributed by atoms with Crippen molar-refractivity contribution in [2.24, 2.45) is 0 Å². The lowest BCUT2D eigenvalue weighted by molar-refractivity contribution is 1.26. The summed E-state index contributed by atoms with van der Waals surface area (Å²) in [4.78, 5) is 0. The summed E-state index contributed by atoms with van der Waals surface area (Å²) >= 11 is 0. The highest BCUT2D eigenvalue weighted by atomic mass is 14.2. The first kappa shape index (κ1) is 13.6. The smallest absolute Gasteiger partial charge is 0.0120 e. The predicted octanol–water partition coefficient (Wildman–Crippen LogP) is 5.45. The molecule has 0 heterocycles. The van der Waals surface area contributed by atoms with Gasteiger partial charge in [0.25, 0.3) is 0 Å². The molecule has 0 aliphatic heterocycles. The van der Waals surface area contributed by atoms with Crippen LogP contribution >= 0.6 is 0 Å². The highest BCUT2D eigenvalue weighted by molar-refractivity contribution is 5.84. The fourth-order valence-corrected chi connectivity index (χ4v) is 2.86. The van der Waals surface area contributed by atoms with E-state index in [1.54, 1.807) is 0 Å². The van der Waals surface area contributed by atoms with Gasteiger partial charge in [-0.25, -0.2) is 0 Å². The molecule has 0 aliphatic rings. The third-order valence-electron chi connectivity index (χ3n) is 3.49. The molecule has 0 aliphatic carbocycles. The van der Waals surface area contributed by atoms with Gasteiger partial charge in [0.1, 0.15) is 0 Å². The molecule has 0 heteroatoms. The molecule has 0 unspecified atom stereocenters. The van der Waals surface area contributed by atoms with Crippen LogP contribution in [0, 0.1) is 20.8 Å². The molecular weight excluding hydrogens is 228 g/mol. The van der Waals surface area contributed by atoms with Crippen molar-refractivity contribution < 1.29 is 0 Å².